The van der Waals surface area contributed by atoms with E-state index in [0.717, 1.165) is 0 Å². The number of thioether (sulfide) groups is 1. The maximum atomic E-state index is 12.1. The molecule has 0 fully saturated rings. The average Bonchev–Trinajstić information content (AvgIpc) is 2.48. The molecule has 0 radical (unpaired) electrons. The molecule has 0 aliphatic heterocycles. The molecule has 0 atom stereocenters. The maximum Gasteiger partial charge on any atom is 0.283 e. The van der Waals surface area contributed by atoms with Crippen molar-refractivity contribution in [2.24, 2.45) is 0 Å². The summed E-state index contributed by atoms with van der Waals surface area (Å²) in [5.74, 6) is -0.590. The number of amides is 1. The SMILES string of the molecule is CSc1ccc(C(=O)Nc2ccccc2O)cc1[N+](=O)[O-]. The number of benzene rings is 2. The Morgan fingerprint density at radius 3 is 2.62 bits per heavy atom. The van der Waals surface area contributed by atoms with Gasteiger partial charge in [0.15, 0.2) is 0 Å². The van der Waals surface area contributed by atoms with Crippen LogP contribution in [0.1, 0.15) is 10.4 Å². The zero-order chi connectivity index (χ0) is 15.4. The molecular weight excluding hydrogens is 292 g/mol. The molecule has 0 saturated heterocycles. The minimum Gasteiger partial charge on any atom is -0.506 e. The number of carbonyl (C=O) groups is 1. The van der Waals surface area contributed by atoms with Gasteiger partial charge in [0.25, 0.3) is 11.6 Å². The van der Waals surface area contributed by atoms with Crippen LogP contribution in [0.25, 0.3) is 0 Å². The number of nitrogens with zero attached hydrogens (tertiary/aromatic N) is 1. The second kappa shape index (κ2) is 6.27. The Kier molecular flexibility index (Phi) is 4.44. The minimum atomic E-state index is -0.525. The number of carbonyl (C=O) groups excluding carboxylic acids is 1. The van der Waals surface area contributed by atoms with Crippen LogP contribution in [0.3, 0.4) is 0 Å². The number of anilines is 1. The quantitative estimate of drug-likeness (QED) is 0.391. The first-order valence-corrected chi connectivity index (χ1v) is 7.17. The van der Waals surface area contributed by atoms with Crippen LogP contribution < -0.4 is 5.32 Å². The van der Waals surface area contributed by atoms with E-state index < -0.39 is 10.8 Å². The van der Waals surface area contributed by atoms with Gasteiger partial charge in [0.05, 0.1) is 15.5 Å². The molecule has 0 aromatic heterocycles. The summed E-state index contributed by atoms with van der Waals surface area (Å²) in [6, 6.07) is 10.5. The van der Waals surface area contributed by atoms with Crippen LogP contribution in [-0.4, -0.2) is 22.2 Å². The van der Waals surface area contributed by atoms with Crippen LogP contribution >= 0.6 is 11.8 Å². The zero-order valence-electron chi connectivity index (χ0n) is 11.1. The van der Waals surface area contributed by atoms with Gasteiger partial charge in [-0.15, -0.1) is 11.8 Å². The number of hydrogen-bond donors (Lipinski definition) is 2. The van der Waals surface area contributed by atoms with Gasteiger partial charge >= 0.3 is 0 Å². The predicted octanol–water partition coefficient (Wildman–Crippen LogP) is 3.27. The summed E-state index contributed by atoms with van der Waals surface area (Å²) in [5.41, 5.74) is 0.286. The van der Waals surface area contributed by atoms with E-state index >= 15 is 0 Å². The molecule has 1 amide bonds. The largest absolute Gasteiger partial charge is 0.506 e. The van der Waals surface area contributed by atoms with Crippen LogP contribution in [-0.2, 0) is 0 Å². The van der Waals surface area contributed by atoms with Crippen molar-refractivity contribution in [3.05, 3.63) is 58.1 Å². The van der Waals surface area contributed by atoms with Gasteiger partial charge < -0.3 is 10.4 Å². The fourth-order valence-corrected chi connectivity index (χ4v) is 2.29. The van der Waals surface area contributed by atoms with Crippen LogP contribution in [0.5, 0.6) is 5.75 Å². The first-order valence-electron chi connectivity index (χ1n) is 5.94. The third kappa shape index (κ3) is 3.32. The molecule has 2 aromatic rings. The minimum absolute atomic E-state index is 0.0684. The summed E-state index contributed by atoms with van der Waals surface area (Å²) < 4.78 is 0. The third-order valence-corrected chi connectivity index (χ3v) is 3.58. The Balaban J connectivity index is 2.30. The van der Waals surface area contributed by atoms with Crippen molar-refractivity contribution < 1.29 is 14.8 Å². The second-order valence-corrected chi connectivity index (χ2v) is 4.96. The fourth-order valence-electron chi connectivity index (χ4n) is 1.75. The van der Waals surface area contributed by atoms with Crippen molar-refractivity contribution in [1.82, 2.24) is 0 Å². The zero-order valence-corrected chi connectivity index (χ0v) is 11.9. The molecule has 2 aromatic carbocycles. The van der Waals surface area contributed by atoms with Crippen molar-refractivity contribution >= 4 is 29.0 Å². The van der Waals surface area contributed by atoms with Gasteiger partial charge in [-0.3, -0.25) is 14.9 Å². The molecular formula is C14H12N2O4S. The number of nitro groups is 1. The number of phenols is 1. The van der Waals surface area contributed by atoms with Gasteiger partial charge in [-0.25, -0.2) is 0 Å². The van der Waals surface area contributed by atoms with E-state index in [9.17, 15) is 20.0 Å². The molecule has 0 unspecified atom stereocenters. The van der Waals surface area contributed by atoms with Crippen molar-refractivity contribution in [3.63, 3.8) is 0 Å². The fraction of sp³-hybridized carbons (Fsp3) is 0.0714. The summed E-state index contributed by atoms with van der Waals surface area (Å²) in [6.07, 6.45) is 1.73. The Morgan fingerprint density at radius 1 is 1.29 bits per heavy atom. The number of nitrogens with one attached hydrogen (secondary N) is 1. The van der Waals surface area contributed by atoms with Crippen molar-refractivity contribution in [2.45, 2.75) is 4.90 Å². The van der Waals surface area contributed by atoms with Crippen molar-refractivity contribution in [1.29, 1.82) is 0 Å². The van der Waals surface area contributed by atoms with E-state index in [-0.39, 0.29) is 22.7 Å². The lowest BCUT2D eigenvalue weighted by Gasteiger charge is -2.07. The smallest absolute Gasteiger partial charge is 0.283 e. The molecule has 7 heteroatoms. The molecule has 108 valence electrons. The topological polar surface area (TPSA) is 92.5 Å². The number of para-hydroxylation sites is 2. The molecule has 0 heterocycles. The van der Waals surface area contributed by atoms with Crippen LogP contribution in [0.15, 0.2) is 47.4 Å². The summed E-state index contributed by atoms with van der Waals surface area (Å²) >= 11 is 1.24. The van der Waals surface area contributed by atoms with Gasteiger partial charge in [-0.2, -0.15) is 0 Å². The number of phenolic OH excluding ortho intramolecular Hbond substituents is 1. The highest BCUT2D eigenvalue weighted by Crippen LogP contribution is 2.29. The van der Waals surface area contributed by atoms with Gasteiger partial charge in [-0.1, -0.05) is 12.1 Å². The molecule has 2 N–H and O–H groups in total. The first kappa shape index (κ1) is 14.9. The lowest BCUT2D eigenvalue weighted by molar-refractivity contribution is -0.387. The number of nitro benzene ring substituents is 1. The Hall–Kier alpha value is -2.54. The average molecular weight is 304 g/mol. The van der Waals surface area contributed by atoms with Crippen LogP contribution in [0, 0.1) is 10.1 Å². The van der Waals surface area contributed by atoms with E-state index in [1.807, 2.05) is 0 Å². The maximum absolute atomic E-state index is 12.1. The Morgan fingerprint density at radius 2 is 2.00 bits per heavy atom. The highest BCUT2D eigenvalue weighted by molar-refractivity contribution is 7.98. The monoisotopic (exact) mass is 304 g/mol. The molecule has 0 spiro atoms. The molecule has 0 saturated carbocycles. The molecule has 0 aliphatic rings. The number of aromatic hydroxyl groups is 1. The standard InChI is InChI=1S/C14H12N2O4S/c1-21-13-7-6-9(8-11(13)16(19)20)14(18)15-10-4-2-3-5-12(10)17/h2-8,17H,1H3,(H,15,18). The number of rotatable bonds is 4. The van der Waals surface area contributed by atoms with Gasteiger partial charge in [0.1, 0.15) is 5.75 Å². The summed E-state index contributed by atoms with van der Waals surface area (Å²) in [4.78, 5) is 23.0. The summed E-state index contributed by atoms with van der Waals surface area (Å²) in [6.45, 7) is 0. The van der Waals surface area contributed by atoms with E-state index in [4.69, 9.17) is 0 Å². The molecule has 0 aliphatic carbocycles. The highest BCUT2D eigenvalue weighted by Gasteiger charge is 2.17. The number of hydrogen-bond acceptors (Lipinski definition) is 5. The van der Waals surface area contributed by atoms with E-state index in [2.05, 4.69) is 5.32 Å². The van der Waals surface area contributed by atoms with Gasteiger partial charge in [0.2, 0.25) is 0 Å². The van der Waals surface area contributed by atoms with Gasteiger partial charge in [-0.05, 0) is 30.5 Å². The molecule has 0 bridgehead atoms. The van der Waals surface area contributed by atoms with Crippen LogP contribution in [0.2, 0.25) is 0 Å². The Bertz CT molecular complexity index is 703. The van der Waals surface area contributed by atoms with E-state index in [0.29, 0.717) is 4.90 Å². The predicted molar refractivity (Wildman–Crippen MR) is 80.9 cm³/mol. The van der Waals surface area contributed by atoms with Crippen molar-refractivity contribution in [3.8, 4) is 5.75 Å². The molecule has 6 nitrogen and oxygen atoms in total. The van der Waals surface area contributed by atoms with Crippen LogP contribution in [0.4, 0.5) is 11.4 Å². The third-order valence-electron chi connectivity index (χ3n) is 2.79. The molecule has 21 heavy (non-hydrogen) atoms. The molecule has 2 rings (SSSR count). The lowest BCUT2D eigenvalue weighted by Crippen LogP contribution is -2.12. The normalized spacial score (nSPS) is 10.1. The van der Waals surface area contributed by atoms with E-state index in [1.165, 1.54) is 42.1 Å². The lowest BCUT2D eigenvalue weighted by atomic mass is 10.2. The first-order chi connectivity index (χ1) is 10.0. The van der Waals surface area contributed by atoms with Crippen molar-refractivity contribution in [2.75, 3.05) is 11.6 Å². The van der Waals surface area contributed by atoms with Gasteiger partial charge in [0, 0.05) is 11.6 Å². The summed E-state index contributed by atoms with van der Waals surface area (Å²) in [7, 11) is 0. The summed E-state index contributed by atoms with van der Waals surface area (Å²) in [5, 5.41) is 23.1. The van der Waals surface area contributed by atoms with E-state index in [1.54, 1.807) is 18.4 Å². The Labute approximate surface area is 125 Å². The highest BCUT2D eigenvalue weighted by atomic mass is 32.2. The second-order valence-electron chi connectivity index (χ2n) is 4.12.